The first kappa shape index (κ1) is 19.2. The van der Waals surface area contributed by atoms with Crippen LogP contribution in [-0.2, 0) is 0 Å². The quantitative estimate of drug-likeness (QED) is 0.290. The largest absolute Gasteiger partial charge is 0.337 e. The third-order valence-electron chi connectivity index (χ3n) is 6.20. The highest BCUT2D eigenvalue weighted by atomic mass is 32.1. The normalized spacial score (nSPS) is 16.2. The molecule has 6 nitrogen and oxygen atoms in total. The summed E-state index contributed by atoms with van der Waals surface area (Å²) in [7, 11) is 0. The molecule has 2 aromatic heterocycles. The number of nitrogens with one attached hydrogen (secondary N) is 4. The highest BCUT2D eigenvalue weighted by molar-refractivity contribution is 7.71. The van der Waals surface area contributed by atoms with Crippen molar-refractivity contribution in [1.82, 2.24) is 25.3 Å². The summed E-state index contributed by atoms with van der Waals surface area (Å²) in [6.07, 6.45) is 3.98. The Bertz CT molecular complexity index is 1590. The molecule has 0 radical (unpaired) electrons. The van der Waals surface area contributed by atoms with Crippen LogP contribution >= 0.6 is 12.2 Å². The van der Waals surface area contributed by atoms with Crippen LogP contribution in [0.4, 0.5) is 0 Å². The monoisotopic (exact) mass is 439 g/mol. The molecular weight excluding hydrogens is 418 g/mol. The molecule has 5 aromatic rings. The van der Waals surface area contributed by atoms with Crippen molar-refractivity contribution in [2.24, 2.45) is 0 Å². The van der Waals surface area contributed by atoms with Gasteiger partial charge >= 0.3 is 0 Å². The van der Waals surface area contributed by atoms with Crippen molar-refractivity contribution in [2.75, 3.05) is 6.54 Å². The Kier molecular flexibility index (Phi) is 4.52. The van der Waals surface area contributed by atoms with Gasteiger partial charge in [0, 0.05) is 11.8 Å². The van der Waals surface area contributed by atoms with Crippen LogP contribution in [0.2, 0.25) is 0 Å². The molecule has 3 aromatic carbocycles. The number of H-pyrrole nitrogens is 3. The molecule has 0 spiro atoms. The van der Waals surface area contributed by atoms with Crippen LogP contribution < -0.4 is 10.9 Å². The van der Waals surface area contributed by atoms with Crippen molar-refractivity contribution in [2.45, 2.75) is 18.9 Å². The van der Waals surface area contributed by atoms with Gasteiger partial charge in [0.15, 0.2) is 4.77 Å². The van der Waals surface area contributed by atoms with Crippen molar-refractivity contribution in [1.29, 1.82) is 0 Å². The van der Waals surface area contributed by atoms with E-state index >= 15 is 0 Å². The van der Waals surface area contributed by atoms with Gasteiger partial charge in [-0.15, -0.1) is 0 Å². The second-order valence-corrected chi connectivity index (χ2v) is 8.67. The lowest BCUT2D eigenvalue weighted by molar-refractivity contribution is 0.606. The lowest BCUT2D eigenvalue weighted by Gasteiger charge is -2.11. The Morgan fingerprint density at radius 1 is 0.906 bits per heavy atom. The molecule has 1 fully saturated rings. The van der Waals surface area contributed by atoms with E-state index in [2.05, 4.69) is 56.7 Å². The van der Waals surface area contributed by atoms with Gasteiger partial charge < -0.3 is 20.3 Å². The summed E-state index contributed by atoms with van der Waals surface area (Å²) in [4.78, 5) is 26.5. The molecule has 6 rings (SSSR count). The molecule has 0 amide bonds. The summed E-state index contributed by atoms with van der Waals surface area (Å²) < 4.78 is 0.617. The van der Waals surface area contributed by atoms with E-state index < -0.39 is 0 Å². The van der Waals surface area contributed by atoms with Crippen molar-refractivity contribution in [3.8, 4) is 22.4 Å². The summed E-state index contributed by atoms with van der Waals surface area (Å²) in [5, 5.41) is 6.32. The van der Waals surface area contributed by atoms with Gasteiger partial charge in [-0.25, -0.2) is 4.98 Å². The highest BCUT2D eigenvalue weighted by Gasteiger charge is 2.19. The zero-order valence-corrected chi connectivity index (χ0v) is 18.1. The molecule has 7 heteroatoms. The van der Waals surface area contributed by atoms with Crippen LogP contribution in [0.3, 0.4) is 0 Å². The Hall–Kier alpha value is -3.55. The van der Waals surface area contributed by atoms with E-state index in [1.807, 2.05) is 24.4 Å². The zero-order valence-electron chi connectivity index (χ0n) is 17.2. The highest BCUT2D eigenvalue weighted by Crippen LogP contribution is 2.29. The molecule has 158 valence electrons. The molecule has 1 aliphatic rings. The van der Waals surface area contributed by atoms with Crippen molar-refractivity contribution >= 4 is 33.9 Å². The van der Waals surface area contributed by atoms with Crippen molar-refractivity contribution < 1.29 is 0 Å². The number of rotatable bonds is 3. The molecule has 32 heavy (non-hydrogen) atoms. The number of aromatic nitrogens is 4. The van der Waals surface area contributed by atoms with E-state index in [-0.39, 0.29) is 11.6 Å². The molecule has 0 bridgehead atoms. The lowest BCUT2D eigenvalue weighted by atomic mass is 9.98. The average molecular weight is 440 g/mol. The number of imidazole rings is 1. The number of benzene rings is 3. The lowest BCUT2D eigenvalue weighted by Crippen LogP contribution is -2.20. The van der Waals surface area contributed by atoms with E-state index in [9.17, 15) is 4.79 Å². The van der Waals surface area contributed by atoms with E-state index in [1.54, 1.807) is 0 Å². The third-order valence-corrected chi connectivity index (χ3v) is 6.42. The predicted molar refractivity (Wildman–Crippen MR) is 130 cm³/mol. The van der Waals surface area contributed by atoms with Crippen LogP contribution in [0.25, 0.3) is 44.1 Å². The zero-order chi connectivity index (χ0) is 21.7. The smallest absolute Gasteiger partial charge is 0.258 e. The third kappa shape index (κ3) is 3.36. The summed E-state index contributed by atoms with van der Waals surface area (Å²) in [5.41, 5.74) is 4.84. The van der Waals surface area contributed by atoms with Gasteiger partial charge in [-0.05, 0) is 77.8 Å². The Labute approximate surface area is 188 Å². The van der Waals surface area contributed by atoms with E-state index in [0.29, 0.717) is 10.2 Å². The van der Waals surface area contributed by atoms with Crippen molar-refractivity contribution in [3.05, 3.63) is 81.7 Å². The van der Waals surface area contributed by atoms with E-state index in [1.165, 1.54) is 0 Å². The molecule has 3 heterocycles. The minimum absolute atomic E-state index is 0.0833. The standard InChI is InChI=1S/C25H21N5OS/c31-24-19-8-7-17(12-21(19)28-23(30-24)20-2-1-9-26-20)15-3-4-16-11-18(6-5-14(16)10-15)22-13-27-25(32)29-22/h3-8,10-13,20,26H,1-2,9H2,(H2,27,29,32)(H,28,30,31)/t20-/m0/s1. The topological polar surface area (TPSA) is 89.4 Å². The Morgan fingerprint density at radius 2 is 1.66 bits per heavy atom. The van der Waals surface area contributed by atoms with E-state index in [4.69, 9.17) is 17.2 Å². The van der Waals surface area contributed by atoms with E-state index in [0.717, 1.165) is 63.9 Å². The summed E-state index contributed by atoms with van der Waals surface area (Å²) in [6.45, 7) is 0.960. The number of fused-ring (bicyclic) bond motifs is 2. The predicted octanol–water partition coefficient (Wildman–Crippen LogP) is 5.22. The molecule has 0 saturated carbocycles. The molecule has 0 aliphatic carbocycles. The SMILES string of the molecule is O=c1[nH]c([C@@H]2CCCN2)nc2cc(-c3ccc4cc(-c5c[nH]c(=S)[nH]5)ccc4c3)ccc12. The summed E-state index contributed by atoms with van der Waals surface area (Å²) >= 11 is 5.14. The van der Waals surface area contributed by atoms with Gasteiger partial charge in [-0.3, -0.25) is 4.79 Å². The minimum Gasteiger partial charge on any atom is -0.337 e. The van der Waals surface area contributed by atoms with Gasteiger partial charge in [0.25, 0.3) is 5.56 Å². The second kappa shape index (κ2) is 7.55. The van der Waals surface area contributed by atoms with Crippen molar-refractivity contribution in [3.63, 3.8) is 0 Å². The van der Waals surface area contributed by atoms with Gasteiger partial charge in [0.05, 0.1) is 22.6 Å². The fourth-order valence-corrected chi connectivity index (χ4v) is 4.67. The summed E-state index contributed by atoms with van der Waals surface area (Å²) in [5.74, 6) is 0.729. The first-order chi connectivity index (χ1) is 15.6. The average Bonchev–Trinajstić information content (AvgIpc) is 3.50. The molecule has 1 saturated heterocycles. The Balaban J connectivity index is 1.41. The first-order valence-corrected chi connectivity index (χ1v) is 11.1. The Morgan fingerprint density at radius 3 is 2.41 bits per heavy atom. The molecule has 0 unspecified atom stereocenters. The summed E-state index contributed by atoms with van der Waals surface area (Å²) in [6, 6.07) is 18.7. The van der Waals surface area contributed by atoms with Crippen LogP contribution in [0.15, 0.2) is 65.6 Å². The maximum Gasteiger partial charge on any atom is 0.258 e. The molecule has 1 aliphatic heterocycles. The maximum atomic E-state index is 12.6. The molecular formula is C25H21N5OS. The van der Waals surface area contributed by atoms with Gasteiger partial charge in [-0.2, -0.15) is 0 Å². The van der Waals surface area contributed by atoms with Gasteiger partial charge in [-0.1, -0.05) is 30.3 Å². The van der Waals surface area contributed by atoms with Crippen LogP contribution in [-0.4, -0.2) is 26.5 Å². The van der Waals surface area contributed by atoms with Crippen LogP contribution in [0.1, 0.15) is 24.7 Å². The minimum atomic E-state index is -0.0833. The second-order valence-electron chi connectivity index (χ2n) is 8.27. The number of hydrogen-bond donors (Lipinski definition) is 4. The number of aromatic amines is 3. The molecule has 4 N–H and O–H groups in total. The van der Waals surface area contributed by atoms with Crippen LogP contribution in [0, 0.1) is 4.77 Å². The fourth-order valence-electron chi connectivity index (χ4n) is 4.50. The fraction of sp³-hybridized carbons (Fsp3) is 0.160. The van der Waals surface area contributed by atoms with Gasteiger partial charge in [0.1, 0.15) is 5.82 Å². The van der Waals surface area contributed by atoms with Gasteiger partial charge in [0.2, 0.25) is 0 Å². The number of nitrogens with zero attached hydrogens (tertiary/aromatic N) is 1. The molecule has 1 atom stereocenters. The van der Waals surface area contributed by atoms with Crippen LogP contribution in [0.5, 0.6) is 0 Å². The maximum absolute atomic E-state index is 12.6. The first-order valence-electron chi connectivity index (χ1n) is 10.7. The number of hydrogen-bond acceptors (Lipinski definition) is 4.